The second kappa shape index (κ2) is 6.21. The lowest BCUT2D eigenvalue weighted by Crippen LogP contribution is -2.31. The number of hydrogen-bond donors (Lipinski definition) is 1. The Kier molecular flexibility index (Phi) is 4.37. The number of hydrogen-bond acceptors (Lipinski definition) is 3. The molecule has 0 bridgehead atoms. The molecule has 6 nitrogen and oxygen atoms in total. The van der Waals surface area contributed by atoms with Crippen molar-refractivity contribution in [3.8, 4) is 0 Å². The SMILES string of the molecule is Cc1cnn(Cc2cccc(C(=O)N(C)CC(=O)O)c2)c1. The first-order chi connectivity index (χ1) is 9.95. The minimum atomic E-state index is -1.03. The molecule has 0 saturated heterocycles. The third-order valence-corrected chi connectivity index (χ3v) is 3.00. The maximum atomic E-state index is 12.1. The first-order valence-corrected chi connectivity index (χ1v) is 6.51. The van der Waals surface area contributed by atoms with Crippen LogP contribution in [0.5, 0.6) is 0 Å². The predicted molar refractivity (Wildman–Crippen MR) is 77.1 cm³/mol. The van der Waals surface area contributed by atoms with E-state index in [9.17, 15) is 9.59 Å². The summed E-state index contributed by atoms with van der Waals surface area (Å²) in [5.74, 6) is -1.34. The highest BCUT2D eigenvalue weighted by molar-refractivity contribution is 5.95. The predicted octanol–water partition coefficient (Wildman–Crippen LogP) is 1.40. The van der Waals surface area contributed by atoms with Crippen LogP contribution in [0.15, 0.2) is 36.7 Å². The summed E-state index contributed by atoms with van der Waals surface area (Å²) >= 11 is 0. The number of carboxylic acids is 1. The van der Waals surface area contributed by atoms with E-state index in [1.807, 2.05) is 19.2 Å². The van der Waals surface area contributed by atoms with Gasteiger partial charge < -0.3 is 10.0 Å². The minimum absolute atomic E-state index is 0.309. The van der Waals surface area contributed by atoms with Gasteiger partial charge in [-0.15, -0.1) is 0 Å². The van der Waals surface area contributed by atoms with Crippen molar-refractivity contribution in [2.24, 2.45) is 0 Å². The number of aromatic nitrogens is 2. The van der Waals surface area contributed by atoms with Crippen LogP contribution >= 0.6 is 0 Å². The molecular weight excluding hydrogens is 270 g/mol. The molecule has 0 spiro atoms. The lowest BCUT2D eigenvalue weighted by Gasteiger charge is -2.15. The molecule has 1 heterocycles. The van der Waals surface area contributed by atoms with E-state index in [4.69, 9.17) is 5.11 Å². The number of carbonyl (C=O) groups excluding carboxylic acids is 1. The first-order valence-electron chi connectivity index (χ1n) is 6.51. The number of benzene rings is 1. The van der Waals surface area contributed by atoms with Gasteiger partial charge in [-0.1, -0.05) is 12.1 Å². The number of amides is 1. The fourth-order valence-electron chi connectivity index (χ4n) is 2.04. The average Bonchev–Trinajstić information content (AvgIpc) is 2.82. The number of nitrogens with zero attached hydrogens (tertiary/aromatic N) is 3. The Morgan fingerprint density at radius 1 is 1.38 bits per heavy atom. The van der Waals surface area contributed by atoms with Crippen LogP contribution in [0.2, 0.25) is 0 Å². The molecule has 0 fully saturated rings. The maximum Gasteiger partial charge on any atom is 0.323 e. The number of carbonyl (C=O) groups is 2. The van der Waals surface area contributed by atoms with Gasteiger partial charge in [-0.2, -0.15) is 5.10 Å². The molecule has 0 unspecified atom stereocenters. The highest BCUT2D eigenvalue weighted by Crippen LogP contribution is 2.10. The van der Waals surface area contributed by atoms with E-state index in [2.05, 4.69) is 5.10 Å². The number of aliphatic carboxylic acids is 1. The van der Waals surface area contributed by atoms with Crippen LogP contribution in [0, 0.1) is 6.92 Å². The third-order valence-electron chi connectivity index (χ3n) is 3.00. The van der Waals surface area contributed by atoms with Crippen LogP contribution in [0.1, 0.15) is 21.5 Å². The zero-order chi connectivity index (χ0) is 15.4. The molecule has 0 radical (unpaired) electrons. The Balaban J connectivity index is 2.13. The molecule has 0 aliphatic carbocycles. The number of carboxylic acid groups (broad SMARTS) is 1. The van der Waals surface area contributed by atoms with Gasteiger partial charge in [0, 0.05) is 18.8 Å². The van der Waals surface area contributed by atoms with Gasteiger partial charge in [0.05, 0.1) is 12.7 Å². The van der Waals surface area contributed by atoms with Crippen molar-refractivity contribution >= 4 is 11.9 Å². The van der Waals surface area contributed by atoms with Crippen molar-refractivity contribution in [1.29, 1.82) is 0 Å². The van der Waals surface area contributed by atoms with Crippen LogP contribution < -0.4 is 0 Å². The van der Waals surface area contributed by atoms with Crippen LogP contribution in [0.4, 0.5) is 0 Å². The molecule has 21 heavy (non-hydrogen) atoms. The van der Waals surface area contributed by atoms with Gasteiger partial charge in [0.25, 0.3) is 5.91 Å². The summed E-state index contributed by atoms with van der Waals surface area (Å²) in [5, 5.41) is 12.9. The largest absolute Gasteiger partial charge is 0.480 e. The van der Waals surface area contributed by atoms with Crippen LogP contribution in [-0.2, 0) is 11.3 Å². The topological polar surface area (TPSA) is 75.4 Å². The normalized spacial score (nSPS) is 10.4. The van der Waals surface area contributed by atoms with Gasteiger partial charge in [-0.3, -0.25) is 14.3 Å². The van der Waals surface area contributed by atoms with Gasteiger partial charge in [-0.25, -0.2) is 0 Å². The van der Waals surface area contributed by atoms with E-state index in [1.54, 1.807) is 29.1 Å². The molecule has 0 aliphatic heterocycles. The Morgan fingerprint density at radius 2 is 2.14 bits per heavy atom. The van der Waals surface area contributed by atoms with E-state index in [0.717, 1.165) is 11.1 Å². The van der Waals surface area contributed by atoms with Crippen LogP contribution in [-0.4, -0.2) is 45.3 Å². The van der Waals surface area contributed by atoms with Gasteiger partial charge in [0.15, 0.2) is 0 Å². The summed E-state index contributed by atoms with van der Waals surface area (Å²) in [5.41, 5.74) is 2.48. The van der Waals surface area contributed by atoms with Crippen molar-refractivity contribution in [3.05, 3.63) is 53.3 Å². The molecule has 1 N–H and O–H groups in total. The van der Waals surface area contributed by atoms with E-state index >= 15 is 0 Å². The van der Waals surface area contributed by atoms with Crippen LogP contribution in [0.3, 0.4) is 0 Å². The van der Waals surface area contributed by atoms with Crippen molar-refractivity contribution in [1.82, 2.24) is 14.7 Å². The highest BCUT2D eigenvalue weighted by Gasteiger charge is 2.14. The lowest BCUT2D eigenvalue weighted by molar-refractivity contribution is -0.137. The molecule has 0 aliphatic rings. The molecule has 1 amide bonds. The quantitative estimate of drug-likeness (QED) is 0.902. The third kappa shape index (κ3) is 3.92. The van der Waals surface area contributed by atoms with Gasteiger partial charge in [0.2, 0.25) is 0 Å². The number of likely N-dealkylation sites (N-methyl/N-ethyl adjacent to an activating group) is 1. The summed E-state index contributed by atoms with van der Waals surface area (Å²) < 4.78 is 1.79. The molecule has 2 rings (SSSR count). The van der Waals surface area contributed by atoms with E-state index in [0.29, 0.717) is 12.1 Å². The van der Waals surface area contributed by atoms with E-state index < -0.39 is 5.97 Å². The van der Waals surface area contributed by atoms with E-state index in [-0.39, 0.29) is 12.5 Å². The standard InChI is InChI=1S/C15H17N3O3/c1-11-7-16-18(8-11)9-12-4-3-5-13(6-12)15(21)17(2)10-14(19)20/h3-8H,9-10H2,1-2H3,(H,19,20). The fraction of sp³-hybridized carbons (Fsp3) is 0.267. The summed E-state index contributed by atoms with van der Waals surface area (Å²) in [4.78, 5) is 24.0. The van der Waals surface area contributed by atoms with Crippen LogP contribution in [0.25, 0.3) is 0 Å². The summed E-state index contributed by atoms with van der Waals surface area (Å²) in [6.45, 7) is 2.21. The molecule has 2 aromatic rings. The second-order valence-corrected chi connectivity index (χ2v) is 4.97. The summed E-state index contributed by atoms with van der Waals surface area (Å²) in [7, 11) is 1.47. The molecule has 1 aromatic carbocycles. The number of aryl methyl sites for hydroxylation is 1. The molecule has 110 valence electrons. The Hall–Kier alpha value is -2.63. The van der Waals surface area contributed by atoms with Crippen molar-refractivity contribution in [2.45, 2.75) is 13.5 Å². The average molecular weight is 287 g/mol. The van der Waals surface area contributed by atoms with Gasteiger partial charge >= 0.3 is 5.97 Å². The molecule has 0 saturated carbocycles. The Morgan fingerprint density at radius 3 is 2.76 bits per heavy atom. The maximum absolute atomic E-state index is 12.1. The molecular formula is C15H17N3O3. The Labute approximate surface area is 122 Å². The first kappa shape index (κ1) is 14.8. The number of rotatable bonds is 5. The molecule has 1 aromatic heterocycles. The van der Waals surface area contributed by atoms with Crippen molar-refractivity contribution in [3.63, 3.8) is 0 Å². The fourth-order valence-corrected chi connectivity index (χ4v) is 2.04. The molecule has 6 heteroatoms. The zero-order valence-electron chi connectivity index (χ0n) is 12.0. The van der Waals surface area contributed by atoms with Gasteiger partial charge in [-0.05, 0) is 30.2 Å². The van der Waals surface area contributed by atoms with Crippen molar-refractivity contribution in [2.75, 3.05) is 13.6 Å². The second-order valence-electron chi connectivity index (χ2n) is 4.97. The lowest BCUT2D eigenvalue weighted by atomic mass is 10.1. The zero-order valence-corrected chi connectivity index (χ0v) is 12.0. The summed E-state index contributed by atoms with van der Waals surface area (Å²) in [6.07, 6.45) is 3.70. The highest BCUT2D eigenvalue weighted by atomic mass is 16.4. The minimum Gasteiger partial charge on any atom is -0.480 e. The smallest absolute Gasteiger partial charge is 0.323 e. The monoisotopic (exact) mass is 287 g/mol. The van der Waals surface area contributed by atoms with Crippen molar-refractivity contribution < 1.29 is 14.7 Å². The summed E-state index contributed by atoms with van der Waals surface area (Å²) in [6, 6.07) is 7.13. The Bertz CT molecular complexity index is 664. The van der Waals surface area contributed by atoms with Gasteiger partial charge in [0.1, 0.15) is 6.54 Å². The molecule has 0 atom stereocenters. The van der Waals surface area contributed by atoms with E-state index in [1.165, 1.54) is 11.9 Å².